The second-order valence-corrected chi connectivity index (χ2v) is 4.18. The molecule has 0 aliphatic carbocycles. The van der Waals surface area contributed by atoms with Crippen LogP contribution in [0.25, 0.3) is 5.57 Å². The molecule has 80 valence electrons. The minimum Gasteiger partial charge on any atom is -0.478 e. The fraction of sp³-hybridized carbons (Fsp3) is 0.250. The molecule has 3 heteroatoms. The first-order chi connectivity index (χ1) is 7.13. The van der Waals surface area contributed by atoms with Gasteiger partial charge in [0.25, 0.3) is 0 Å². The van der Waals surface area contributed by atoms with Crippen molar-refractivity contribution in [3.05, 3.63) is 40.4 Å². The van der Waals surface area contributed by atoms with Crippen molar-refractivity contribution in [3.8, 4) is 0 Å². The predicted octanol–water partition coefficient (Wildman–Crippen LogP) is 3.72. The molecule has 0 aliphatic rings. The Labute approximate surface area is 97.8 Å². The molecule has 0 heterocycles. The summed E-state index contributed by atoms with van der Waals surface area (Å²) >= 11 is 3.37. The van der Waals surface area contributed by atoms with Gasteiger partial charge in [0.1, 0.15) is 0 Å². The number of allylic oxidation sites excluding steroid dienone is 1. The third kappa shape index (κ3) is 3.88. The van der Waals surface area contributed by atoms with Crippen LogP contribution in [0.1, 0.15) is 25.3 Å². The normalized spacial score (nSPS) is 11.5. The number of carboxylic acids is 1. The maximum absolute atomic E-state index is 10.7. The van der Waals surface area contributed by atoms with Gasteiger partial charge in [-0.2, -0.15) is 0 Å². The minimum atomic E-state index is -0.890. The molecule has 1 rings (SSSR count). The van der Waals surface area contributed by atoms with Gasteiger partial charge in [-0.25, -0.2) is 4.79 Å². The first-order valence-electron chi connectivity index (χ1n) is 4.83. The molecule has 1 aromatic rings. The number of rotatable bonds is 4. The van der Waals surface area contributed by atoms with Crippen molar-refractivity contribution in [3.63, 3.8) is 0 Å². The predicted molar refractivity (Wildman–Crippen MR) is 64.7 cm³/mol. The average Bonchev–Trinajstić information content (AvgIpc) is 2.16. The quantitative estimate of drug-likeness (QED) is 0.846. The number of carbonyl (C=O) groups is 1. The molecule has 1 aromatic carbocycles. The van der Waals surface area contributed by atoms with E-state index >= 15 is 0 Å². The fourth-order valence-electron chi connectivity index (χ4n) is 1.41. The van der Waals surface area contributed by atoms with Crippen molar-refractivity contribution in [2.24, 2.45) is 0 Å². The molecule has 0 fully saturated rings. The summed E-state index contributed by atoms with van der Waals surface area (Å²) < 4.78 is 0.965. The molecular formula is C12H13BrO2. The number of benzene rings is 1. The number of aliphatic carboxylic acids is 1. The van der Waals surface area contributed by atoms with E-state index in [4.69, 9.17) is 5.11 Å². The lowest BCUT2D eigenvalue weighted by molar-refractivity contribution is -0.131. The van der Waals surface area contributed by atoms with E-state index in [-0.39, 0.29) is 0 Å². The summed E-state index contributed by atoms with van der Waals surface area (Å²) in [7, 11) is 0. The summed E-state index contributed by atoms with van der Waals surface area (Å²) in [6.45, 7) is 2.04. The molecule has 0 aromatic heterocycles. The topological polar surface area (TPSA) is 37.3 Å². The highest BCUT2D eigenvalue weighted by Gasteiger charge is 2.03. The highest BCUT2D eigenvalue weighted by atomic mass is 79.9. The lowest BCUT2D eigenvalue weighted by atomic mass is 10.0. The fourth-order valence-corrected chi connectivity index (χ4v) is 1.81. The van der Waals surface area contributed by atoms with Gasteiger partial charge < -0.3 is 5.11 Å². The highest BCUT2D eigenvalue weighted by molar-refractivity contribution is 9.10. The van der Waals surface area contributed by atoms with E-state index in [0.717, 1.165) is 28.5 Å². The molecule has 0 saturated carbocycles. The second kappa shape index (κ2) is 5.71. The van der Waals surface area contributed by atoms with E-state index in [9.17, 15) is 4.79 Å². The molecule has 0 aliphatic heterocycles. The van der Waals surface area contributed by atoms with Crippen LogP contribution in [-0.4, -0.2) is 11.1 Å². The van der Waals surface area contributed by atoms with Gasteiger partial charge >= 0.3 is 5.97 Å². The Morgan fingerprint density at radius 1 is 1.53 bits per heavy atom. The van der Waals surface area contributed by atoms with Gasteiger partial charge in [-0.15, -0.1) is 0 Å². The minimum absolute atomic E-state index is 0.781. The van der Waals surface area contributed by atoms with Gasteiger partial charge in [0.15, 0.2) is 0 Å². The summed E-state index contributed by atoms with van der Waals surface area (Å²) in [5.74, 6) is -0.890. The van der Waals surface area contributed by atoms with E-state index in [2.05, 4.69) is 15.9 Å². The zero-order valence-corrected chi connectivity index (χ0v) is 10.1. The Morgan fingerprint density at radius 2 is 2.27 bits per heavy atom. The van der Waals surface area contributed by atoms with Crippen molar-refractivity contribution in [2.75, 3.05) is 0 Å². The zero-order valence-electron chi connectivity index (χ0n) is 8.53. The van der Waals surface area contributed by atoms with Crippen LogP contribution in [0.5, 0.6) is 0 Å². The standard InChI is InChI=1S/C12H13BrO2/c1-2-4-9(8-12(14)15)10-5-3-6-11(13)7-10/h3,5-8H,2,4H2,1H3,(H,14,15)/b9-8+. The Morgan fingerprint density at radius 3 is 2.80 bits per heavy atom. The molecule has 0 amide bonds. The van der Waals surface area contributed by atoms with Crippen molar-refractivity contribution in [1.82, 2.24) is 0 Å². The van der Waals surface area contributed by atoms with Crippen molar-refractivity contribution < 1.29 is 9.90 Å². The lowest BCUT2D eigenvalue weighted by Gasteiger charge is -2.05. The van der Waals surface area contributed by atoms with Crippen LogP contribution in [0.2, 0.25) is 0 Å². The third-order valence-electron chi connectivity index (χ3n) is 2.01. The number of carboxylic acid groups (broad SMARTS) is 1. The Kier molecular flexibility index (Phi) is 4.56. The van der Waals surface area contributed by atoms with E-state index < -0.39 is 5.97 Å². The third-order valence-corrected chi connectivity index (χ3v) is 2.51. The maximum atomic E-state index is 10.7. The largest absolute Gasteiger partial charge is 0.478 e. The zero-order chi connectivity index (χ0) is 11.3. The number of hydrogen-bond acceptors (Lipinski definition) is 1. The molecule has 15 heavy (non-hydrogen) atoms. The van der Waals surface area contributed by atoms with Crippen LogP contribution >= 0.6 is 15.9 Å². The molecule has 0 radical (unpaired) electrons. The van der Waals surface area contributed by atoms with E-state index in [0.29, 0.717) is 0 Å². The monoisotopic (exact) mass is 268 g/mol. The lowest BCUT2D eigenvalue weighted by Crippen LogP contribution is -1.92. The molecule has 1 N–H and O–H groups in total. The van der Waals surface area contributed by atoms with Gasteiger partial charge in [-0.1, -0.05) is 41.4 Å². The number of halogens is 1. The summed E-state index contributed by atoms with van der Waals surface area (Å²) in [4.78, 5) is 10.7. The van der Waals surface area contributed by atoms with Gasteiger partial charge in [0, 0.05) is 10.5 Å². The van der Waals surface area contributed by atoms with E-state index in [1.165, 1.54) is 6.08 Å². The summed E-state index contributed by atoms with van der Waals surface area (Å²) in [5, 5.41) is 8.75. The molecule has 2 nitrogen and oxygen atoms in total. The Hall–Kier alpha value is -1.09. The van der Waals surface area contributed by atoms with Crippen molar-refractivity contribution >= 4 is 27.5 Å². The summed E-state index contributed by atoms with van der Waals surface area (Å²) in [6.07, 6.45) is 3.00. The van der Waals surface area contributed by atoms with Gasteiger partial charge in [0.2, 0.25) is 0 Å². The molecular weight excluding hydrogens is 256 g/mol. The molecule has 0 unspecified atom stereocenters. The first kappa shape index (κ1) is 12.0. The van der Waals surface area contributed by atoms with Gasteiger partial charge in [-0.3, -0.25) is 0 Å². The summed E-state index contributed by atoms with van der Waals surface area (Å²) in [6, 6.07) is 7.69. The summed E-state index contributed by atoms with van der Waals surface area (Å²) in [5.41, 5.74) is 1.83. The molecule has 0 saturated heterocycles. The maximum Gasteiger partial charge on any atom is 0.328 e. The Bertz CT molecular complexity index is 383. The average molecular weight is 269 g/mol. The van der Waals surface area contributed by atoms with Crippen LogP contribution in [0, 0.1) is 0 Å². The van der Waals surface area contributed by atoms with Crippen LogP contribution in [-0.2, 0) is 4.79 Å². The van der Waals surface area contributed by atoms with Crippen molar-refractivity contribution in [2.45, 2.75) is 19.8 Å². The van der Waals surface area contributed by atoms with Crippen molar-refractivity contribution in [1.29, 1.82) is 0 Å². The second-order valence-electron chi connectivity index (χ2n) is 3.27. The van der Waals surface area contributed by atoms with Crippen LogP contribution in [0.4, 0.5) is 0 Å². The first-order valence-corrected chi connectivity index (χ1v) is 5.62. The molecule has 0 spiro atoms. The Balaban J connectivity index is 3.04. The highest BCUT2D eigenvalue weighted by Crippen LogP contribution is 2.22. The van der Waals surface area contributed by atoms with E-state index in [1.54, 1.807) is 0 Å². The van der Waals surface area contributed by atoms with Crippen LogP contribution < -0.4 is 0 Å². The van der Waals surface area contributed by atoms with Gasteiger partial charge in [-0.05, 0) is 29.7 Å². The molecule has 0 atom stereocenters. The van der Waals surface area contributed by atoms with Crippen LogP contribution in [0.15, 0.2) is 34.8 Å². The van der Waals surface area contributed by atoms with Crippen LogP contribution in [0.3, 0.4) is 0 Å². The molecule has 0 bridgehead atoms. The van der Waals surface area contributed by atoms with Gasteiger partial charge in [0.05, 0.1) is 0 Å². The van der Waals surface area contributed by atoms with E-state index in [1.807, 2.05) is 31.2 Å². The number of hydrogen-bond donors (Lipinski definition) is 1. The smallest absolute Gasteiger partial charge is 0.328 e. The SMILES string of the molecule is CCC/C(=C\C(=O)O)c1cccc(Br)c1.